The topological polar surface area (TPSA) is 60.9 Å². The first kappa shape index (κ1) is 14.3. The molecule has 1 amide bonds. The van der Waals surface area contributed by atoms with Crippen LogP contribution in [0.3, 0.4) is 0 Å². The normalized spacial score (nSPS) is 22.4. The van der Waals surface area contributed by atoms with Gasteiger partial charge in [-0.25, -0.2) is 0 Å². The molecular formula is C14H24N2O3. The summed E-state index contributed by atoms with van der Waals surface area (Å²) in [4.78, 5) is 26.7. The second kappa shape index (κ2) is 6.89. The van der Waals surface area contributed by atoms with Crippen LogP contribution in [-0.2, 0) is 9.59 Å². The summed E-state index contributed by atoms with van der Waals surface area (Å²) in [5.41, 5.74) is 0. The molecule has 2 fully saturated rings. The molecule has 5 heteroatoms. The Kier molecular flexibility index (Phi) is 5.19. The van der Waals surface area contributed by atoms with E-state index in [0.29, 0.717) is 6.04 Å². The predicted molar refractivity (Wildman–Crippen MR) is 71.9 cm³/mol. The van der Waals surface area contributed by atoms with E-state index in [-0.39, 0.29) is 18.7 Å². The second-order valence-electron chi connectivity index (χ2n) is 5.60. The van der Waals surface area contributed by atoms with Crippen LogP contribution in [0.4, 0.5) is 0 Å². The van der Waals surface area contributed by atoms with Gasteiger partial charge in [0.2, 0.25) is 5.91 Å². The van der Waals surface area contributed by atoms with Gasteiger partial charge >= 0.3 is 5.97 Å². The van der Waals surface area contributed by atoms with Crippen molar-refractivity contribution >= 4 is 11.9 Å². The Morgan fingerprint density at radius 1 is 0.947 bits per heavy atom. The van der Waals surface area contributed by atoms with E-state index >= 15 is 0 Å². The average molecular weight is 268 g/mol. The van der Waals surface area contributed by atoms with Crippen molar-refractivity contribution in [3.63, 3.8) is 0 Å². The molecule has 0 aromatic heterocycles. The van der Waals surface area contributed by atoms with Gasteiger partial charge in [0.25, 0.3) is 0 Å². The van der Waals surface area contributed by atoms with Gasteiger partial charge in [0, 0.05) is 25.6 Å². The minimum atomic E-state index is -0.892. The van der Waals surface area contributed by atoms with Gasteiger partial charge in [-0.1, -0.05) is 6.42 Å². The smallest absolute Gasteiger partial charge is 0.303 e. The lowest BCUT2D eigenvalue weighted by Gasteiger charge is -2.40. The lowest BCUT2D eigenvalue weighted by atomic mass is 9.99. The molecule has 2 saturated heterocycles. The van der Waals surface area contributed by atoms with Crippen LogP contribution in [0, 0.1) is 0 Å². The zero-order valence-electron chi connectivity index (χ0n) is 11.5. The van der Waals surface area contributed by atoms with Crippen molar-refractivity contribution < 1.29 is 14.7 Å². The summed E-state index contributed by atoms with van der Waals surface area (Å²) >= 11 is 0. The van der Waals surface area contributed by atoms with Crippen LogP contribution in [-0.4, -0.2) is 59.0 Å². The first-order valence-electron chi connectivity index (χ1n) is 7.40. The highest BCUT2D eigenvalue weighted by atomic mass is 16.4. The molecule has 19 heavy (non-hydrogen) atoms. The van der Waals surface area contributed by atoms with Gasteiger partial charge in [0.1, 0.15) is 0 Å². The van der Waals surface area contributed by atoms with Gasteiger partial charge in [-0.3, -0.25) is 9.59 Å². The van der Waals surface area contributed by atoms with Crippen molar-refractivity contribution in [2.24, 2.45) is 0 Å². The van der Waals surface area contributed by atoms with Gasteiger partial charge in [-0.15, -0.1) is 0 Å². The van der Waals surface area contributed by atoms with Crippen molar-refractivity contribution in [3.8, 4) is 0 Å². The van der Waals surface area contributed by atoms with Crippen LogP contribution in [0.25, 0.3) is 0 Å². The molecule has 0 spiro atoms. The molecule has 108 valence electrons. The summed E-state index contributed by atoms with van der Waals surface area (Å²) in [5, 5.41) is 8.60. The molecule has 0 aromatic carbocycles. The molecule has 1 N–H and O–H groups in total. The minimum absolute atomic E-state index is 0.000468. The van der Waals surface area contributed by atoms with E-state index in [4.69, 9.17) is 5.11 Å². The number of hydrogen-bond acceptors (Lipinski definition) is 3. The van der Waals surface area contributed by atoms with E-state index in [9.17, 15) is 9.59 Å². The van der Waals surface area contributed by atoms with Crippen molar-refractivity contribution in [1.29, 1.82) is 0 Å². The zero-order chi connectivity index (χ0) is 13.7. The van der Waals surface area contributed by atoms with Gasteiger partial charge in [-0.2, -0.15) is 0 Å². The highest BCUT2D eigenvalue weighted by Crippen LogP contribution is 2.21. The molecule has 5 nitrogen and oxygen atoms in total. The Labute approximate surface area is 114 Å². The number of carboxylic acid groups (broad SMARTS) is 1. The van der Waals surface area contributed by atoms with Crippen LogP contribution in [0.15, 0.2) is 0 Å². The number of carbonyl (C=O) groups excluding carboxylic acids is 1. The number of carbonyl (C=O) groups is 2. The Balaban J connectivity index is 1.72. The van der Waals surface area contributed by atoms with Crippen LogP contribution >= 0.6 is 0 Å². The quantitative estimate of drug-likeness (QED) is 0.835. The van der Waals surface area contributed by atoms with Crippen molar-refractivity contribution in [2.45, 2.75) is 51.0 Å². The van der Waals surface area contributed by atoms with Crippen molar-refractivity contribution in [1.82, 2.24) is 9.80 Å². The number of likely N-dealkylation sites (tertiary alicyclic amines) is 2. The van der Waals surface area contributed by atoms with E-state index < -0.39 is 5.97 Å². The standard InChI is InChI=1S/C14H24N2O3/c17-13(4-5-14(18)19)16-10-6-12(7-11-16)15-8-2-1-3-9-15/h12H,1-11H2,(H,18,19). The number of piperidine rings is 2. The van der Waals surface area contributed by atoms with Crippen LogP contribution in [0.1, 0.15) is 44.9 Å². The first-order valence-corrected chi connectivity index (χ1v) is 7.40. The van der Waals surface area contributed by atoms with Gasteiger partial charge in [0.15, 0.2) is 0 Å². The Hall–Kier alpha value is -1.10. The van der Waals surface area contributed by atoms with Crippen LogP contribution in [0.5, 0.6) is 0 Å². The summed E-state index contributed by atoms with van der Waals surface area (Å²) in [6.45, 7) is 3.99. The maximum Gasteiger partial charge on any atom is 0.303 e. The van der Waals surface area contributed by atoms with Crippen LogP contribution < -0.4 is 0 Å². The third kappa shape index (κ3) is 4.20. The lowest BCUT2D eigenvalue weighted by Crippen LogP contribution is -2.48. The molecule has 0 bridgehead atoms. The fraction of sp³-hybridized carbons (Fsp3) is 0.857. The Bertz CT molecular complexity index is 319. The average Bonchev–Trinajstić information content (AvgIpc) is 2.46. The van der Waals surface area contributed by atoms with Crippen molar-refractivity contribution in [3.05, 3.63) is 0 Å². The van der Waals surface area contributed by atoms with Crippen molar-refractivity contribution in [2.75, 3.05) is 26.2 Å². The van der Waals surface area contributed by atoms with E-state index in [0.717, 1.165) is 25.9 Å². The zero-order valence-corrected chi connectivity index (χ0v) is 11.5. The maximum absolute atomic E-state index is 11.8. The molecule has 0 aromatic rings. The number of amides is 1. The molecule has 0 unspecified atom stereocenters. The Morgan fingerprint density at radius 2 is 1.58 bits per heavy atom. The molecule has 0 radical (unpaired) electrons. The van der Waals surface area contributed by atoms with E-state index in [1.807, 2.05) is 4.90 Å². The van der Waals surface area contributed by atoms with E-state index in [2.05, 4.69) is 4.90 Å². The van der Waals surface area contributed by atoms with E-state index in [1.54, 1.807) is 0 Å². The fourth-order valence-corrected chi connectivity index (χ4v) is 3.14. The molecule has 2 rings (SSSR count). The number of aliphatic carboxylic acids is 1. The summed E-state index contributed by atoms with van der Waals surface area (Å²) in [6, 6.07) is 0.629. The van der Waals surface area contributed by atoms with Gasteiger partial charge in [-0.05, 0) is 38.8 Å². The number of carboxylic acids is 1. The minimum Gasteiger partial charge on any atom is -0.481 e. The molecule has 0 atom stereocenters. The second-order valence-corrected chi connectivity index (χ2v) is 5.60. The molecule has 0 aliphatic carbocycles. The fourth-order valence-electron chi connectivity index (χ4n) is 3.14. The molecule has 2 aliphatic rings. The maximum atomic E-state index is 11.8. The highest BCUT2D eigenvalue weighted by Gasteiger charge is 2.27. The summed E-state index contributed by atoms with van der Waals surface area (Å²) < 4.78 is 0. The third-order valence-corrected chi connectivity index (χ3v) is 4.28. The SMILES string of the molecule is O=C(O)CCC(=O)N1CCC(N2CCCCC2)CC1. The number of hydrogen-bond donors (Lipinski definition) is 1. The van der Waals surface area contributed by atoms with E-state index in [1.165, 1.54) is 32.4 Å². The summed E-state index contributed by atoms with van der Waals surface area (Å²) in [5.74, 6) is -0.893. The largest absolute Gasteiger partial charge is 0.481 e. The number of rotatable bonds is 4. The molecule has 2 heterocycles. The number of nitrogens with zero attached hydrogens (tertiary/aromatic N) is 2. The monoisotopic (exact) mass is 268 g/mol. The molecule has 0 saturated carbocycles. The Morgan fingerprint density at radius 3 is 2.16 bits per heavy atom. The van der Waals surface area contributed by atoms with Gasteiger partial charge in [0.05, 0.1) is 6.42 Å². The lowest BCUT2D eigenvalue weighted by molar-refractivity contribution is -0.141. The summed E-state index contributed by atoms with van der Waals surface area (Å²) in [7, 11) is 0. The molecule has 2 aliphatic heterocycles. The first-order chi connectivity index (χ1) is 9.16. The highest BCUT2D eigenvalue weighted by molar-refractivity contribution is 5.80. The van der Waals surface area contributed by atoms with Gasteiger partial charge < -0.3 is 14.9 Å². The third-order valence-electron chi connectivity index (χ3n) is 4.28. The summed E-state index contributed by atoms with van der Waals surface area (Å²) in [6.07, 6.45) is 6.13. The molecular weight excluding hydrogens is 244 g/mol. The van der Waals surface area contributed by atoms with Crippen LogP contribution in [0.2, 0.25) is 0 Å². The predicted octanol–water partition coefficient (Wildman–Crippen LogP) is 1.33.